The fourth-order valence-electron chi connectivity index (χ4n) is 2.24. The predicted octanol–water partition coefficient (Wildman–Crippen LogP) is 0.966. The number of carbonyl (C=O) groups excluding carboxylic acids is 1. The molecule has 1 aliphatic heterocycles. The van der Waals surface area contributed by atoms with Gasteiger partial charge >= 0.3 is 5.97 Å². The second-order valence-corrected chi connectivity index (χ2v) is 5.75. The lowest BCUT2D eigenvalue weighted by atomic mass is 10.2. The fraction of sp³-hybridized carbons (Fsp3) is 0.429. The Morgan fingerprint density at radius 3 is 2.65 bits per heavy atom. The number of amides is 1. The standard InChI is InChI=1S/C14H17NO4S/c16-11-6-12(14(18)19)15(7-11)13(17)9-20-8-10-4-2-1-3-5-10/h1-5,11-12,16H,6-9H2,(H,18,19)/t11?,12-/m0/s1. The molecule has 2 atom stereocenters. The van der Waals surface area contributed by atoms with Crippen molar-refractivity contribution in [2.45, 2.75) is 24.3 Å². The number of aliphatic hydroxyl groups is 1. The van der Waals surface area contributed by atoms with Crippen molar-refractivity contribution < 1.29 is 19.8 Å². The molecule has 1 aliphatic rings. The average Bonchev–Trinajstić information content (AvgIpc) is 2.82. The zero-order valence-corrected chi connectivity index (χ0v) is 11.8. The Morgan fingerprint density at radius 2 is 2.00 bits per heavy atom. The maximum Gasteiger partial charge on any atom is 0.326 e. The molecule has 2 rings (SSSR count). The lowest BCUT2D eigenvalue weighted by Gasteiger charge is -2.20. The van der Waals surface area contributed by atoms with Crippen LogP contribution in [0.15, 0.2) is 30.3 Å². The lowest BCUT2D eigenvalue weighted by Crippen LogP contribution is -2.41. The first kappa shape index (κ1) is 14.9. The Kier molecular flexibility index (Phi) is 5.03. The van der Waals surface area contributed by atoms with E-state index in [4.69, 9.17) is 5.11 Å². The van der Waals surface area contributed by atoms with Crippen molar-refractivity contribution in [3.8, 4) is 0 Å². The number of likely N-dealkylation sites (tertiary alicyclic amines) is 1. The lowest BCUT2D eigenvalue weighted by molar-refractivity contribution is -0.147. The van der Waals surface area contributed by atoms with E-state index in [0.29, 0.717) is 5.75 Å². The molecule has 108 valence electrons. The van der Waals surface area contributed by atoms with Gasteiger partial charge in [-0.05, 0) is 5.56 Å². The summed E-state index contributed by atoms with van der Waals surface area (Å²) in [7, 11) is 0. The molecule has 0 bridgehead atoms. The molecular formula is C14H17NO4S. The summed E-state index contributed by atoms with van der Waals surface area (Å²) in [5.74, 6) is -0.343. The molecule has 5 nitrogen and oxygen atoms in total. The number of benzene rings is 1. The van der Waals surface area contributed by atoms with Gasteiger partial charge in [0.25, 0.3) is 0 Å². The highest BCUT2D eigenvalue weighted by Gasteiger charge is 2.38. The van der Waals surface area contributed by atoms with Crippen LogP contribution in [0.4, 0.5) is 0 Å². The Morgan fingerprint density at radius 1 is 1.30 bits per heavy atom. The third kappa shape index (κ3) is 3.74. The van der Waals surface area contributed by atoms with Crippen LogP contribution in [0.2, 0.25) is 0 Å². The molecule has 0 saturated carbocycles. The van der Waals surface area contributed by atoms with E-state index in [9.17, 15) is 14.7 Å². The third-order valence-corrected chi connectivity index (χ3v) is 4.21. The van der Waals surface area contributed by atoms with E-state index in [1.807, 2.05) is 30.3 Å². The number of rotatable bonds is 5. The summed E-state index contributed by atoms with van der Waals surface area (Å²) in [6, 6.07) is 8.88. The van der Waals surface area contributed by atoms with E-state index in [2.05, 4.69) is 0 Å². The monoisotopic (exact) mass is 295 g/mol. The number of carboxylic acids is 1. The highest BCUT2D eigenvalue weighted by atomic mass is 32.2. The smallest absolute Gasteiger partial charge is 0.326 e. The van der Waals surface area contributed by atoms with E-state index in [1.165, 1.54) is 16.7 Å². The SMILES string of the molecule is O=C(O)[C@@H]1CC(O)CN1C(=O)CSCc1ccccc1. The number of aliphatic carboxylic acids is 1. The summed E-state index contributed by atoms with van der Waals surface area (Å²) in [4.78, 5) is 24.3. The van der Waals surface area contributed by atoms with Gasteiger partial charge in [0.05, 0.1) is 11.9 Å². The Balaban J connectivity index is 1.84. The second kappa shape index (κ2) is 6.76. The summed E-state index contributed by atoms with van der Waals surface area (Å²) in [6.45, 7) is 0.113. The predicted molar refractivity (Wildman–Crippen MR) is 76.4 cm³/mol. The third-order valence-electron chi connectivity index (χ3n) is 3.22. The fourth-order valence-corrected chi connectivity index (χ4v) is 3.11. The van der Waals surface area contributed by atoms with Gasteiger partial charge in [-0.15, -0.1) is 11.8 Å². The minimum absolute atomic E-state index is 0.113. The van der Waals surface area contributed by atoms with Crippen LogP contribution in [0.3, 0.4) is 0 Å². The number of nitrogens with zero attached hydrogens (tertiary/aromatic N) is 1. The largest absolute Gasteiger partial charge is 0.480 e. The molecule has 1 aromatic rings. The van der Waals surface area contributed by atoms with E-state index in [1.54, 1.807) is 0 Å². The van der Waals surface area contributed by atoms with Crippen LogP contribution in [-0.4, -0.2) is 51.4 Å². The maximum atomic E-state index is 12.0. The molecule has 1 aromatic carbocycles. The topological polar surface area (TPSA) is 77.8 Å². The molecule has 1 amide bonds. The van der Waals surface area contributed by atoms with Crippen molar-refractivity contribution in [2.75, 3.05) is 12.3 Å². The minimum Gasteiger partial charge on any atom is -0.480 e. The number of hydrogen-bond acceptors (Lipinski definition) is 4. The van der Waals surface area contributed by atoms with Crippen LogP contribution in [0.1, 0.15) is 12.0 Å². The van der Waals surface area contributed by atoms with Gasteiger partial charge in [0, 0.05) is 18.7 Å². The summed E-state index contributed by atoms with van der Waals surface area (Å²) in [5.41, 5.74) is 1.13. The molecule has 1 unspecified atom stereocenters. The van der Waals surface area contributed by atoms with Gasteiger partial charge in [-0.25, -0.2) is 4.79 Å². The van der Waals surface area contributed by atoms with Crippen LogP contribution in [-0.2, 0) is 15.3 Å². The van der Waals surface area contributed by atoms with Crippen LogP contribution in [0, 0.1) is 0 Å². The van der Waals surface area contributed by atoms with Crippen molar-refractivity contribution >= 4 is 23.6 Å². The maximum absolute atomic E-state index is 12.0. The van der Waals surface area contributed by atoms with Gasteiger partial charge in [0.15, 0.2) is 0 Å². The van der Waals surface area contributed by atoms with Crippen LogP contribution < -0.4 is 0 Å². The molecule has 2 N–H and O–H groups in total. The van der Waals surface area contributed by atoms with Gasteiger partial charge in [-0.2, -0.15) is 0 Å². The Bertz CT molecular complexity index is 479. The molecule has 6 heteroatoms. The van der Waals surface area contributed by atoms with Crippen molar-refractivity contribution in [3.63, 3.8) is 0 Å². The first-order valence-electron chi connectivity index (χ1n) is 6.40. The van der Waals surface area contributed by atoms with Gasteiger partial charge in [-0.1, -0.05) is 30.3 Å². The van der Waals surface area contributed by atoms with E-state index in [-0.39, 0.29) is 24.6 Å². The Hall–Kier alpha value is -1.53. The van der Waals surface area contributed by atoms with Crippen LogP contribution >= 0.6 is 11.8 Å². The first-order chi connectivity index (χ1) is 9.58. The summed E-state index contributed by atoms with van der Waals surface area (Å²) >= 11 is 1.45. The van der Waals surface area contributed by atoms with E-state index in [0.717, 1.165) is 5.56 Å². The van der Waals surface area contributed by atoms with Gasteiger partial charge in [-0.3, -0.25) is 4.79 Å². The van der Waals surface area contributed by atoms with Crippen LogP contribution in [0.5, 0.6) is 0 Å². The normalized spacial score (nSPS) is 21.9. The van der Waals surface area contributed by atoms with Crippen molar-refractivity contribution in [1.29, 1.82) is 0 Å². The highest BCUT2D eigenvalue weighted by Crippen LogP contribution is 2.20. The summed E-state index contributed by atoms with van der Waals surface area (Å²) < 4.78 is 0. The number of carboxylic acid groups (broad SMARTS) is 1. The molecule has 1 fully saturated rings. The molecule has 1 heterocycles. The van der Waals surface area contributed by atoms with E-state index >= 15 is 0 Å². The van der Waals surface area contributed by atoms with Crippen molar-refractivity contribution in [2.24, 2.45) is 0 Å². The quantitative estimate of drug-likeness (QED) is 0.846. The number of carbonyl (C=O) groups is 2. The van der Waals surface area contributed by atoms with Gasteiger partial charge in [0.1, 0.15) is 6.04 Å². The molecule has 20 heavy (non-hydrogen) atoms. The van der Waals surface area contributed by atoms with Crippen molar-refractivity contribution in [1.82, 2.24) is 4.90 Å². The van der Waals surface area contributed by atoms with Crippen molar-refractivity contribution in [3.05, 3.63) is 35.9 Å². The molecule has 0 aliphatic carbocycles. The zero-order chi connectivity index (χ0) is 14.5. The second-order valence-electron chi connectivity index (χ2n) is 4.77. The van der Waals surface area contributed by atoms with Crippen LogP contribution in [0.25, 0.3) is 0 Å². The molecular weight excluding hydrogens is 278 g/mol. The highest BCUT2D eigenvalue weighted by molar-refractivity contribution is 7.99. The number of aliphatic hydroxyl groups excluding tert-OH is 1. The number of thioether (sulfide) groups is 1. The molecule has 0 radical (unpaired) electrons. The van der Waals surface area contributed by atoms with E-state index < -0.39 is 18.1 Å². The molecule has 0 spiro atoms. The minimum atomic E-state index is -1.05. The molecule has 1 saturated heterocycles. The Labute approximate surface area is 121 Å². The number of β-amino-alcohol motifs (C(OH)–C–C–N with tert-alkyl or cyclic N) is 1. The first-order valence-corrected chi connectivity index (χ1v) is 7.55. The average molecular weight is 295 g/mol. The van der Waals surface area contributed by atoms with Gasteiger partial charge in [0.2, 0.25) is 5.91 Å². The van der Waals surface area contributed by atoms with Gasteiger partial charge < -0.3 is 15.1 Å². The summed E-state index contributed by atoms with van der Waals surface area (Å²) in [6.07, 6.45) is -0.621. The zero-order valence-electron chi connectivity index (χ0n) is 10.9. The molecule has 0 aromatic heterocycles. The number of hydrogen-bond donors (Lipinski definition) is 2. The summed E-state index contributed by atoms with van der Waals surface area (Å²) in [5, 5.41) is 18.5.